The van der Waals surface area contributed by atoms with Gasteiger partial charge in [-0.3, -0.25) is 0 Å². The first-order valence-corrected chi connectivity index (χ1v) is 18.3. The van der Waals surface area contributed by atoms with Gasteiger partial charge >= 0.3 is 0 Å². The van der Waals surface area contributed by atoms with E-state index in [4.69, 9.17) is 14.4 Å². The molecule has 3 heterocycles. The minimum atomic E-state index is 0.685. The smallest absolute Gasteiger partial charge is 0.161 e. The van der Waals surface area contributed by atoms with Gasteiger partial charge in [0.1, 0.15) is 11.2 Å². The van der Waals surface area contributed by atoms with Crippen LogP contribution < -0.4 is 0 Å². The van der Waals surface area contributed by atoms with E-state index in [1.807, 2.05) is 6.07 Å². The zero-order valence-electron chi connectivity index (χ0n) is 27.9. The molecule has 3 nitrogen and oxygen atoms in total. The quantitative estimate of drug-likeness (QED) is 0.174. The number of nitrogens with zero attached hydrogens (tertiary/aromatic N) is 2. The van der Waals surface area contributed by atoms with Crippen LogP contribution >= 0.6 is 11.3 Å². The van der Waals surface area contributed by atoms with E-state index in [1.165, 1.54) is 37.4 Å². The molecule has 0 N–H and O–H groups in total. The molecule has 0 saturated heterocycles. The summed E-state index contributed by atoms with van der Waals surface area (Å²) in [5.41, 5.74) is 10.2. The lowest BCUT2D eigenvalue weighted by atomic mass is 9.91. The van der Waals surface area contributed by atoms with Crippen LogP contribution in [0.2, 0.25) is 0 Å². The highest BCUT2D eigenvalue weighted by atomic mass is 32.1. The van der Waals surface area contributed by atoms with Crippen molar-refractivity contribution in [3.8, 4) is 44.9 Å². The number of furan rings is 1. The summed E-state index contributed by atoms with van der Waals surface area (Å²) in [7, 11) is 0. The number of para-hydroxylation sites is 1. The van der Waals surface area contributed by atoms with Gasteiger partial charge in [-0.1, -0.05) is 140 Å². The molecule has 0 fully saturated rings. The van der Waals surface area contributed by atoms with E-state index in [-0.39, 0.29) is 0 Å². The fraction of sp³-hybridized carbons (Fsp3) is 0. The fourth-order valence-electron chi connectivity index (χ4n) is 7.86. The van der Waals surface area contributed by atoms with Crippen molar-refractivity contribution in [2.24, 2.45) is 0 Å². The molecule has 3 aromatic heterocycles. The minimum Gasteiger partial charge on any atom is -0.455 e. The lowest BCUT2D eigenvalue weighted by Crippen LogP contribution is -1.95. The standard InChI is InChI=1S/C48H28N2OS/c1-2-12-29(13-3-1)30-22-24-31(25-23-30)44-47-45(38-19-9-11-21-42(38)52-47)50-48(49-44)39-27-26-36(46-43(39)37-18-8-10-20-41(37)51-46)40-28-32-14-4-5-15-33(32)34-16-6-7-17-35(34)40/h1-28H. The Morgan fingerprint density at radius 3 is 1.92 bits per heavy atom. The minimum absolute atomic E-state index is 0.685. The Labute approximate surface area is 303 Å². The van der Waals surface area contributed by atoms with Crippen LogP contribution in [0.15, 0.2) is 174 Å². The van der Waals surface area contributed by atoms with Gasteiger partial charge in [0.2, 0.25) is 0 Å². The van der Waals surface area contributed by atoms with Crippen LogP contribution in [-0.4, -0.2) is 9.97 Å². The first kappa shape index (κ1) is 29.1. The molecule has 8 aromatic carbocycles. The molecule has 0 saturated carbocycles. The lowest BCUT2D eigenvalue weighted by molar-refractivity contribution is 0.670. The average Bonchev–Trinajstić information content (AvgIpc) is 3.80. The van der Waals surface area contributed by atoms with Crippen LogP contribution in [0.1, 0.15) is 0 Å². The highest BCUT2D eigenvalue weighted by Gasteiger charge is 2.23. The topological polar surface area (TPSA) is 38.9 Å². The molecule has 0 aliphatic carbocycles. The number of rotatable bonds is 4. The van der Waals surface area contributed by atoms with Gasteiger partial charge in [0.05, 0.1) is 15.9 Å². The number of benzene rings is 8. The maximum atomic E-state index is 6.82. The van der Waals surface area contributed by atoms with E-state index < -0.39 is 0 Å². The van der Waals surface area contributed by atoms with Crippen LogP contribution in [0.25, 0.3) is 109 Å². The van der Waals surface area contributed by atoms with Crippen molar-refractivity contribution in [1.29, 1.82) is 0 Å². The van der Waals surface area contributed by atoms with Crippen molar-refractivity contribution in [3.05, 3.63) is 170 Å². The van der Waals surface area contributed by atoms with Crippen LogP contribution in [-0.2, 0) is 0 Å². The predicted molar refractivity (Wildman–Crippen MR) is 219 cm³/mol. The highest BCUT2D eigenvalue weighted by Crippen LogP contribution is 2.46. The Morgan fingerprint density at radius 2 is 1.08 bits per heavy atom. The summed E-state index contributed by atoms with van der Waals surface area (Å²) in [5.74, 6) is 0.685. The van der Waals surface area contributed by atoms with Gasteiger partial charge in [0.25, 0.3) is 0 Å². The van der Waals surface area contributed by atoms with Crippen LogP contribution in [0.4, 0.5) is 0 Å². The molecule has 0 aliphatic rings. The number of fused-ring (bicyclic) bond motifs is 9. The molecule has 242 valence electrons. The Kier molecular flexibility index (Phi) is 6.42. The van der Waals surface area contributed by atoms with Gasteiger partial charge in [-0.05, 0) is 68.6 Å². The summed E-state index contributed by atoms with van der Waals surface area (Å²) in [6, 6.07) is 60.1. The van der Waals surface area contributed by atoms with Crippen molar-refractivity contribution in [2.75, 3.05) is 0 Å². The van der Waals surface area contributed by atoms with E-state index >= 15 is 0 Å². The Hall–Kier alpha value is -6.62. The van der Waals surface area contributed by atoms with E-state index in [2.05, 4.69) is 164 Å². The van der Waals surface area contributed by atoms with Gasteiger partial charge in [-0.2, -0.15) is 0 Å². The number of hydrogen-bond donors (Lipinski definition) is 0. The second-order valence-electron chi connectivity index (χ2n) is 13.3. The van der Waals surface area contributed by atoms with E-state index in [0.29, 0.717) is 5.82 Å². The highest BCUT2D eigenvalue weighted by molar-refractivity contribution is 7.26. The third-order valence-electron chi connectivity index (χ3n) is 10.3. The normalized spacial score (nSPS) is 11.8. The van der Waals surface area contributed by atoms with Gasteiger partial charge in [-0.25, -0.2) is 9.97 Å². The average molecular weight is 681 g/mol. The molecular formula is C48H28N2OS. The molecule has 11 rings (SSSR count). The van der Waals surface area contributed by atoms with E-state index in [1.54, 1.807) is 11.3 Å². The fourth-order valence-corrected chi connectivity index (χ4v) is 9.02. The third kappa shape index (κ3) is 4.45. The van der Waals surface area contributed by atoms with Crippen molar-refractivity contribution in [2.45, 2.75) is 0 Å². The Morgan fingerprint density at radius 1 is 0.442 bits per heavy atom. The lowest BCUT2D eigenvalue weighted by Gasteiger charge is -2.13. The van der Waals surface area contributed by atoms with E-state index in [9.17, 15) is 0 Å². The molecule has 0 spiro atoms. The van der Waals surface area contributed by atoms with E-state index in [0.717, 1.165) is 65.5 Å². The molecule has 4 heteroatoms. The van der Waals surface area contributed by atoms with Gasteiger partial charge in [0, 0.05) is 37.5 Å². The monoisotopic (exact) mass is 680 g/mol. The second-order valence-corrected chi connectivity index (χ2v) is 14.3. The molecule has 11 aromatic rings. The predicted octanol–water partition coefficient (Wildman–Crippen LogP) is 13.7. The third-order valence-corrected chi connectivity index (χ3v) is 11.5. The summed E-state index contributed by atoms with van der Waals surface area (Å²) in [6.45, 7) is 0. The van der Waals surface area contributed by atoms with Crippen molar-refractivity contribution in [1.82, 2.24) is 9.97 Å². The van der Waals surface area contributed by atoms with Crippen LogP contribution in [0, 0.1) is 0 Å². The summed E-state index contributed by atoms with van der Waals surface area (Å²) in [4.78, 5) is 10.8. The number of aromatic nitrogens is 2. The van der Waals surface area contributed by atoms with Crippen molar-refractivity contribution >= 4 is 75.1 Å². The van der Waals surface area contributed by atoms with Crippen molar-refractivity contribution in [3.63, 3.8) is 0 Å². The van der Waals surface area contributed by atoms with Crippen LogP contribution in [0.5, 0.6) is 0 Å². The summed E-state index contributed by atoms with van der Waals surface area (Å²) in [5, 5.41) is 8.07. The summed E-state index contributed by atoms with van der Waals surface area (Å²) >= 11 is 1.75. The Bertz CT molecular complexity index is 3180. The molecule has 0 aliphatic heterocycles. The van der Waals surface area contributed by atoms with Gasteiger partial charge < -0.3 is 4.42 Å². The number of hydrogen-bond acceptors (Lipinski definition) is 4. The van der Waals surface area contributed by atoms with Crippen LogP contribution in [0.3, 0.4) is 0 Å². The molecule has 0 radical (unpaired) electrons. The Balaban J connectivity index is 1.19. The molecule has 0 bridgehead atoms. The zero-order chi connectivity index (χ0) is 34.2. The second kappa shape index (κ2) is 11.5. The summed E-state index contributed by atoms with van der Waals surface area (Å²) in [6.07, 6.45) is 0. The van der Waals surface area contributed by atoms with Crippen molar-refractivity contribution < 1.29 is 4.42 Å². The summed E-state index contributed by atoms with van der Waals surface area (Å²) < 4.78 is 9.11. The largest absolute Gasteiger partial charge is 0.455 e. The molecule has 0 atom stereocenters. The van der Waals surface area contributed by atoms with Gasteiger partial charge in [0.15, 0.2) is 5.82 Å². The SMILES string of the molecule is c1ccc(-c2ccc(-c3nc(-c4ccc(-c5cc6ccccc6c6ccccc56)c5oc6ccccc6c45)nc4c3sc3ccccc34)cc2)cc1. The first-order chi connectivity index (χ1) is 25.8. The first-order valence-electron chi connectivity index (χ1n) is 17.5. The number of thiophene rings is 1. The molecule has 0 amide bonds. The van der Waals surface area contributed by atoms with Gasteiger partial charge in [-0.15, -0.1) is 11.3 Å². The molecular weight excluding hydrogens is 653 g/mol. The molecule has 0 unspecified atom stereocenters. The molecule has 52 heavy (non-hydrogen) atoms. The zero-order valence-corrected chi connectivity index (χ0v) is 28.7. The maximum Gasteiger partial charge on any atom is 0.161 e. The maximum absolute atomic E-state index is 6.82.